The molecular weight excluding hydrogens is 430 g/mol. The fourth-order valence-corrected chi connectivity index (χ4v) is 2.64. The van der Waals surface area contributed by atoms with E-state index in [2.05, 4.69) is 22.1 Å². The molecule has 7 heteroatoms. The molecule has 0 atom stereocenters. The van der Waals surface area contributed by atoms with E-state index in [1.807, 2.05) is 50.2 Å². The molecule has 0 aliphatic rings. The average molecular weight is 468 g/mol. The van der Waals surface area contributed by atoms with Crippen molar-refractivity contribution in [1.82, 2.24) is 10.3 Å². The van der Waals surface area contributed by atoms with Crippen molar-refractivity contribution in [3.8, 4) is 11.8 Å². The van der Waals surface area contributed by atoms with E-state index in [0.717, 1.165) is 28.2 Å². The number of nitrogens with one attached hydrogen (secondary N) is 1. The third kappa shape index (κ3) is 13.9. The average Bonchev–Trinajstić information content (AvgIpc) is 2.64. The van der Waals surface area contributed by atoms with Crippen LogP contribution in [0.1, 0.15) is 64.1 Å². The Morgan fingerprint density at radius 1 is 0.824 bits per heavy atom. The molecule has 0 aliphatic carbocycles. The topological polar surface area (TPSA) is 104 Å². The first-order valence-corrected chi connectivity index (χ1v) is 11.1. The van der Waals surface area contributed by atoms with Crippen LogP contribution in [-0.2, 0) is 19.1 Å². The number of nitrogens with zero attached hydrogens (tertiary/aromatic N) is 1. The van der Waals surface area contributed by atoms with Gasteiger partial charge >= 0.3 is 11.9 Å². The van der Waals surface area contributed by atoms with Crippen molar-refractivity contribution in [2.24, 2.45) is 0 Å². The number of ether oxygens (including phenoxy) is 2. The predicted octanol–water partition coefficient (Wildman–Crippen LogP) is 3.94. The summed E-state index contributed by atoms with van der Waals surface area (Å²) < 4.78 is 10.1. The highest BCUT2D eigenvalue weighted by Gasteiger charge is 2.18. The fourth-order valence-electron chi connectivity index (χ4n) is 2.64. The molecule has 0 amide bonds. The van der Waals surface area contributed by atoms with Gasteiger partial charge in [-0.15, -0.1) is 0 Å². The fraction of sp³-hybridized carbons (Fsp3) is 0.444. The van der Waals surface area contributed by atoms with Crippen LogP contribution in [-0.4, -0.2) is 41.2 Å². The molecule has 1 aromatic carbocycles. The maximum atomic E-state index is 11.3. The summed E-state index contributed by atoms with van der Waals surface area (Å²) in [5.41, 5.74) is 9.30. The first kappa shape index (κ1) is 28.7. The Kier molecular flexibility index (Phi) is 10.8. The third-order valence-corrected chi connectivity index (χ3v) is 3.72. The molecule has 7 nitrogen and oxygen atoms in total. The minimum absolute atomic E-state index is 0.00346. The predicted molar refractivity (Wildman–Crippen MR) is 135 cm³/mol. The summed E-state index contributed by atoms with van der Waals surface area (Å²) in [6.07, 6.45) is 0. The molecule has 0 radical (unpaired) electrons. The van der Waals surface area contributed by atoms with E-state index in [9.17, 15) is 9.59 Å². The number of carbonyl (C=O) groups excluding carboxylic acids is 2. The van der Waals surface area contributed by atoms with Crippen LogP contribution in [0.4, 0.5) is 5.69 Å². The van der Waals surface area contributed by atoms with Crippen molar-refractivity contribution in [3.05, 3.63) is 58.9 Å². The molecule has 34 heavy (non-hydrogen) atoms. The molecule has 0 spiro atoms. The number of aryl methyl sites for hydroxylation is 2. The molecule has 0 aliphatic heterocycles. The molecule has 0 saturated carbocycles. The van der Waals surface area contributed by atoms with Crippen LogP contribution in [0.2, 0.25) is 0 Å². The summed E-state index contributed by atoms with van der Waals surface area (Å²) in [7, 11) is 0. The number of hydrogen-bond donors (Lipinski definition) is 2. The Morgan fingerprint density at radius 3 is 1.65 bits per heavy atom. The monoisotopic (exact) mass is 467 g/mol. The van der Waals surface area contributed by atoms with Gasteiger partial charge in [0, 0.05) is 28.2 Å². The van der Waals surface area contributed by atoms with Gasteiger partial charge in [-0.2, -0.15) is 0 Å². The van der Waals surface area contributed by atoms with Gasteiger partial charge in [0.05, 0.1) is 13.1 Å². The summed E-state index contributed by atoms with van der Waals surface area (Å²) in [6, 6.07) is 11.5. The Bertz CT molecular complexity index is 973. The highest BCUT2D eigenvalue weighted by molar-refractivity contribution is 5.75. The first-order valence-electron chi connectivity index (χ1n) is 11.1. The zero-order chi connectivity index (χ0) is 25.9. The van der Waals surface area contributed by atoms with E-state index in [-0.39, 0.29) is 25.0 Å². The summed E-state index contributed by atoms with van der Waals surface area (Å²) in [5, 5.41) is 2.68. The summed E-state index contributed by atoms with van der Waals surface area (Å²) in [5.74, 6) is 5.46. The van der Waals surface area contributed by atoms with Gasteiger partial charge in [-0.3, -0.25) is 19.9 Å². The quantitative estimate of drug-likeness (QED) is 0.399. The summed E-state index contributed by atoms with van der Waals surface area (Å²) in [6.45, 7) is 14.7. The molecule has 0 saturated heterocycles. The summed E-state index contributed by atoms with van der Waals surface area (Å²) >= 11 is 0. The Hall–Kier alpha value is -3.37. The number of hydrogen-bond acceptors (Lipinski definition) is 7. The van der Waals surface area contributed by atoms with Gasteiger partial charge in [-0.25, -0.2) is 0 Å². The number of pyridine rings is 1. The van der Waals surface area contributed by atoms with Gasteiger partial charge in [0.15, 0.2) is 0 Å². The van der Waals surface area contributed by atoms with Crippen molar-refractivity contribution in [2.75, 3.05) is 18.8 Å². The van der Waals surface area contributed by atoms with Crippen LogP contribution in [0.5, 0.6) is 0 Å². The molecule has 184 valence electrons. The smallest absolute Gasteiger partial charge is 0.320 e. The Labute approximate surface area is 203 Å². The van der Waals surface area contributed by atoms with Crippen LogP contribution in [0, 0.1) is 25.7 Å². The largest absolute Gasteiger partial charge is 0.459 e. The lowest BCUT2D eigenvalue weighted by Crippen LogP contribution is -2.36. The lowest BCUT2D eigenvalue weighted by Gasteiger charge is -2.20. The molecular formula is C27H37N3O4. The molecule has 1 aromatic heterocycles. The maximum Gasteiger partial charge on any atom is 0.320 e. The number of aromatic nitrogens is 1. The minimum Gasteiger partial charge on any atom is -0.459 e. The second-order valence-electron chi connectivity index (χ2n) is 9.79. The first-order chi connectivity index (χ1) is 15.6. The van der Waals surface area contributed by atoms with E-state index in [1.54, 1.807) is 41.5 Å². The zero-order valence-electron chi connectivity index (χ0n) is 21.5. The van der Waals surface area contributed by atoms with Crippen LogP contribution >= 0.6 is 0 Å². The Morgan fingerprint density at radius 2 is 1.24 bits per heavy atom. The lowest BCUT2D eigenvalue weighted by atomic mass is 10.1. The summed E-state index contributed by atoms with van der Waals surface area (Å²) in [4.78, 5) is 26.9. The molecule has 0 unspecified atom stereocenters. The van der Waals surface area contributed by atoms with Gasteiger partial charge in [-0.1, -0.05) is 11.8 Å². The lowest BCUT2D eigenvalue weighted by molar-refractivity contribution is -0.155. The SMILES string of the molecule is CC(C)(C)OC(=O)CNCC(=O)OC(C)(C)C.Cc1cc(C#Cc2ccc(N)cc2)cc(C)n1. The highest BCUT2D eigenvalue weighted by Crippen LogP contribution is 2.08. The number of rotatable bonds is 4. The standard InChI is InChI=1S/C15H14N2.C12H23NO4/c1-11-9-14(10-12(2)17-11)4-3-13-5-7-15(16)8-6-13;1-11(2,3)16-9(14)7-13-8-10(15)17-12(4,5)6/h5-10H,16H2,1-2H3;13H,7-8H2,1-6H3. The number of anilines is 1. The minimum atomic E-state index is -0.509. The van der Waals surface area contributed by atoms with Crippen LogP contribution in [0.25, 0.3) is 0 Å². The second-order valence-corrected chi connectivity index (χ2v) is 9.79. The molecule has 2 rings (SSSR count). The van der Waals surface area contributed by atoms with E-state index >= 15 is 0 Å². The molecule has 1 heterocycles. The van der Waals surface area contributed by atoms with Crippen molar-refractivity contribution >= 4 is 17.6 Å². The van der Waals surface area contributed by atoms with Gasteiger partial charge in [0.1, 0.15) is 11.2 Å². The van der Waals surface area contributed by atoms with Crippen molar-refractivity contribution < 1.29 is 19.1 Å². The number of carbonyl (C=O) groups is 2. The number of nitrogen functional groups attached to an aromatic ring is 1. The third-order valence-electron chi connectivity index (χ3n) is 3.72. The van der Waals surface area contributed by atoms with Crippen molar-refractivity contribution in [2.45, 2.75) is 66.6 Å². The molecule has 3 N–H and O–H groups in total. The van der Waals surface area contributed by atoms with E-state index in [1.165, 1.54) is 0 Å². The van der Waals surface area contributed by atoms with Gasteiger partial charge in [-0.05, 0) is 91.8 Å². The maximum absolute atomic E-state index is 11.3. The zero-order valence-corrected chi connectivity index (χ0v) is 21.5. The number of benzene rings is 1. The molecule has 0 fully saturated rings. The van der Waals surface area contributed by atoms with Gasteiger partial charge in [0.2, 0.25) is 0 Å². The molecule has 2 aromatic rings. The van der Waals surface area contributed by atoms with E-state index in [0.29, 0.717) is 0 Å². The van der Waals surface area contributed by atoms with Crippen LogP contribution in [0.3, 0.4) is 0 Å². The Balaban J connectivity index is 0.000000340. The van der Waals surface area contributed by atoms with Crippen molar-refractivity contribution in [1.29, 1.82) is 0 Å². The second kappa shape index (κ2) is 12.8. The van der Waals surface area contributed by atoms with Gasteiger partial charge in [0.25, 0.3) is 0 Å². The van der Waals surface area contributed by atoms with E-state index in [4.69, 9.17) is 15.2 Å². The normalized spacial score (nSPS) is 10.8. The highest BCUT2D eigenvalue weighted by atomic mass is 16.6. The molecule has 0 bridgehead atoms. The number of esters is 2. The van der Waals surface area contributed by atoms with Crippen molar-refractivity contribution in [3.63, 3.8) is 0 Å². The van der Waals surface area contributed by atoms with Gasteiger partial charge < -0.3 is 15.2 Å². The number of nitrogens with two attached hydrogens (primary N) is 1. The van der Waals surface area contributed by atoms with Crippen LogP contribution in [0.15, 0.2) is 36.4 Å². The van der Waals surface area contributed by atoms with E-state index < -0.39 is 11.2 Å². The van der Waals surface area contributed by atoms with Crippen LogP contribution < -0.4 is 11.1 Å².